The van der Waals surface area contributed by atoms with E-state index in [2.05, 4.69) is 54.6 Å². The van der Waals surface area contributed by atoms with E-state index < -0.39 is 0 Å². The van der Waals surface area contributed by atoms with Crippen molar-refractivity contribution in [3.05, 3.63) is 200 Å². The molecule has 0 aliphatic heterocycles. The van der Waals surface area contributed by atoms with Crippen molar-refractivity contribution in [1.29, 1.82) is 0 Å². The molecule has 0 atom stereocenters. The zero-order chi connectivity index (χ0) is 38.7. The second-order valence-corrected chi connectivity index (χ2v) is 13.8. The summed E-state index contributed by atoms with van der Waals surface area (Å²) in [5.74, 6) is 2.97. The van der Waals surface area contributed by atoms with Crippen molar-refractivity contribution in [3.8, 4) is 90.7 Å². The first kappa shape index (κ1) is 34.5. The van der Waals surface area contributed by atoms with E-state index >= 15 is 0 Å². The van der Waals surface area contributed by atoms with Crippen LogP contribution in [0.5, 0.6) is 0 Å². The van der Waals surface area contributed by atoms with Gasteiger partial charge in [0.05, 0.1) is 16.9 Å². The third-order valence-electron chi connectivity index (χ3n) is 9.95. The Morgan fingerprint density at radius 2 is 0.638 bits per heavy atom. The SMILES string of the molecule is c1ccc(-c2nc(-c3cccc(-c4cccc(-c5nc(-c6ccccc6)nc(-c6ccccc6)n5)c4)c3)cc(-c3nc(-c4ccccc4)c4ccccc4n3)n2)cc1. The van der Waals surface area contributed by atoms with Crippen LogP contribution in [-0.2, 0) is 0 Å². The molecule has 7 heteroatoms. The third-order valence-corrected chi connectivity index (χ3v) is 9.95. The quantitative estimate of drug-likeness (QED) is 0.153. The highest BCUT2D eigenvalue weighted by atomic mass is 15.0. The maximum absolute atomic E-state index is 5.15. The fourth-order valence-corrected chi connectivity index (χ4v) is 7.07. The van der Waals surface area contributed by atoms with Gasteiger partial charge in [0, 0.05) is 38.8 Å². The first-order valence-corrected chi connectivity index (χ1v) is 19.1. The van der Waals surface area contributed by atoms with Gasteiger partial charge in [-0.1, -0.05) is 176 Å². The van der Waals surface area contributed by atoms with Gasteiger partial charge in [-0.15, -0.1) is 0 Å². The molecule has 0 saturated carbocycles. The van der Waals surface area contributed by atoms with Gasteiger partial charge in [-0.05, 0) is 35.4 Å². The van der Waals surface area contributed by atoms with Crippen molar-refractivity contribution in [3.63, 3.8) is 0 Å². The minimum Gasteiger partial charge on any atom is -0.228 e. The number of aromatic nitrogens is 7. The predicted molar refractivity (Wildman–Crippen MR) is 232 cm³/mol. The largest absolute Gasteiger partial charge is 0.228 e. The van der Waals surface area contributed by atoms with Crippen LogP contribution in [0.1, 0.15) is 0 Å². The number of hydrogen-bond donors (Lipinski definition) is 0. The number of fused-ring (bicyclic) bond motifs is 1. The van der Waals surface area contributed by atoms with Gasteiger partial charge in [-0.3, -0.25) is 0 Å². The van der Waals surface area contributed by atoms with Crippen LogP contribution < -0.4 is 0 Å². The van der Waals surface area contributed by atoms with Gasteiger partial charge in [0.1, 0.15) is 5.69 Å². The van der Waals surface area contributed by atoms with Crippen molar-refractivity contribution in [2.24, 2.45) is 0 Å². The zero-order valence-electron chi connectivity index (χ0n) is 31.2. The van der Waals surface area contributed by atoms with E-state index in [-0.39, 0.29) is 0 Å². The summed E-state index contributed by atoms with van der Waals surface area (Å²) in [7, 11) is 0. The van der Waals surface area contributed by atoms with Crippen LogP contribution in [0.25, 0.3) is 102 Å². The highest BCUT2D eigenvalue weighted by molar-refractivity contribution is 5.93. The molecule has 0 spiro atoms. The Kier molecular flexibility index (Phi) is 9.06. The first-order valence-electron chi connectivity index (χ1n) is 19.1. The minimum atomic E-state index is 0.532. The Balaban J connectivity index is 1.08. The van der Waals surface area contributed by atoms with Crippen LogP contribution in [0, 0.1) is 0 Å². The molecule has 0 unspecified atom stereocenters. The van der Waals surface area contributed by atoms with E-state index in [0.29, 0.717) is 34.8 Å². The highest BCUT2D eigenvalue weighted by Crippen LogP contribution is 2.34. The monoisotopic (exact) mass is 743 g/mol. The molecule has 10 rings (SSSR count). The lowest BCUT2D eigenvalue weighted by Crippen LogP contribution is -2.00. The summed E-state index contributed by atoms with van der Waals surface area (Å²) >= 11 is 0. The third kappa shape index (κ3) is 7.00. The van der Waals surface area contributed by atoms with Crippen LogP contribution in [0.15, 0.2) is 200 Å². The average Bonchev–Trinajstić information content (AvgIpc) is 3.32. The number of para-hydroxylation sites is 1. The molecule has 0 aliphatic carbocycles. The Labute approximate surface area is 335 Å². The maximum atomic E-state index is 5.15. The molecular weight excluding hydrogens is 711 g/mol. The molecule has 272 valence electrons. The lowest BCUT2D eigenvalue weighted by molar-refractivity contribution is 1.07. The molecule has 0 radical (unpaired) electrons. The summed E-state index contributed by atoms with van der Waals surface area (Å²) in [4.78, 5) is 35.2. The second kappa shape index (κ2) is 15.2. The summed E-state index contributed by atoms with van der Waals surface area (Å²) < 4.78 is 0. The van der Waals surface area contributed by atoms with Crippen LogP contribution in [0.3, 0.4) is 0 Å². The van der Waals surface area contributed by atoms with E-state index in [0.717, 1.165) is 66.8 Å². The van der Waals surface area contributed by atoms with E-state index in [1.807, 2.05) is 146 Å². The Hall–Kier alpha value is -8.03. The average molecular weight is 744 g/mol. The molecule has 0 aliphatic rings. The summed E-state index contributed by atoms with van der Waals surface area (Å²) in [5.41, 5.74) is 10.7. The van der Waals surface area contributed by atoms with E-state index in [1.165, 1.54) is 0 Å². The van der Waals surface area contributed by atoms with Crippen molar-refractivity contribution >= 4 is 10.9 Å². The van der Waals surface area contributed by atoms with Gasteiger partial charge in [0.2, 0.25) is 0 Å². The molecule has 58 heavy (non-hydrogen) atoms. The minimum absolute atomic E-state index is 0.532. The Morgan fingerprint density at radius 3 is 1.22 bits per heavy atom. The molecule has 7 aromatic carbocycles. The summed E-state index contributed by atoms with van der Waals surface area (Å²) in [6.45, 7) is 0. The smallest absolute Gasteiger partial charge is 0.179 e. The summed E-state index contributed by atoms with van der Waals surface area (Å²) in [5, 5.41) is 0.981. The molecule has 0 amide bonds. The van der Waals surface area contributed by atoms with Gasteiger partial charge in [-0.2, -0.15) is 0 Å². The molecule has 0 bridgehead atoms. The normalized spacial score (nSPS) is 11.1. The van der Waals surface area contributed by atoms with Crippen molar-refractivity contribution in [2.45, 2.75) is 0 Å². The molecule has 3 aromatic heterocycles. The number of benzene rings is 7. The van der Waals surface area contributed by atoms with Gasteiger partial charge in [0.25, 0.3) is 0 Å². The van der Waals surface area contributed by atoms with Crippen LogP contribution >= 0.6 is 0 Å². The van der Waals surface area contributed by atoms with Gasteiger partial charge in [-0.25, -0.2) is 34.9 Å². The summed E-state index contributed by atoms with van der Waals surface area (Å²) in [6.07, 6.45) is 0. The topological polar surface area (TPSA) is 90.2 Å². The van der Waals surface area contributed by atoms with Crippen molar-refractivity contribution in [2.75, 3.05) is 0 Å². The van der Waals surface area contributed by atoms with Crippen LogP contribution in [0.2, 0.25) is 0 Å². The number of nitrogens with zero attached hydrogens (tertiary/aromatic N) is 7. The molecular formula is C51H33N7. The molecule has 3 heterocycles. The maximum Gasteiger partial charge on any atom is 0.179 e. The van der Waals surface area contributed by atoms with E-state index in [4.69, 9.17) is 34.9 Å². The molecule has 10 aromatic rings. The number of rotatable bonds is 8. The molecule has 7 nitrogen and oxygen atoms in total. The first-order chi connectivity index (χ1) is 28.7. The van der Waals surface area contributed by atoms with E-state index in [9.17, 15) is 0 Å². The van der Waals surface area contributed by atoms with Crippen molar-refractivity contribution < 1.29 is 0 Å². The molecule has 0 N–H and O–H groups in total. The highest BCUT2D eigenvalue weighted by Gasteiger charge is 2.17. The van der Waals surface area contributed by atoms with Gasteiger partial charge >= 0.3 is 0 Å². The number of hydrogen-bond acceptors (Lipinski definition) is 7. The van der Waals surface area contributed by atoms with Crippen LogP contribution in [0.4, 0.5) is 0 Å². The van der Waals surface area contributed by atoms with Gasteiger partial charge < -0.3 is 0 Å². The fourth-order valence-electron chi connectivity index (χ4n) is 7.07. The standard InChI is InChI=1S/C51H33N7/c1-5-17-34(18-6-1)46-42-29-13-14-30-43(42)52-51(55-46)45-33-44(53-47(54-45)35-19-7-2-8-20-35)40-27-15-25-38(31-40)39-26-16-28-41(32-39)50-57-48(36-21-9-3-10-22-36)56-49(58-50)37-23-11-4-12-24-37/h1-33H. The van der Waals surface area contributed by atoms with Crippen molar-refractivity contribution in [1.82, 2.24) is 34.9 Å². The fraction of sp³-hybridized carbons (Fsp3) is 0. The lowest BCUT2D eigenvalue weighted by Gasteiger charge is -2.12. The molecule has 0 saturated heterocycles. The summed E-state index contributed by atoms with van der Waals surface area (Å²) in [6, 6.07) is 67.1. The molecule has 0 fully saturated rings. The van der Waals surface area contributed by atoms with E-state index in [1.54, 1.807) is 0 Å². The van der Waals surface area contributed by atoms with Gasteiger partial charge in [0.15, 0.2) is 29.1 Å². The predicted octanol–water partition coefficient (Wildman–Crippen LogP) is 11.9. The zero-order valence-corrected chi connectivity index (χ0v) is 31.2. The van der Waals surface area contributed by atoms with Crippen LogP contribution in [-0.4, -0.2) is 34.9 Å². The second-order valence-electron chi connectivity index (χ2n) is 13.8. The Bertz CT molecular complexity index is 2990. The lowest BCUT2D eigenvalue weighted by atomic mass is 9.99. The Morgan fingerprint density at radius 1 is 0.224 bits per heavy atom.